The zero-order valence-electron chi connectivity index (χ0n) is 12.5. The molecule has 0 spiro atoms. The highest BCUT2D eigenvalue weighted by atomic mass is 32.2. The second-order valence-electron chi connectivity index (χ2n) is 5.48. The molecule has 0 amide bonds. The molecule has 1 fully saturated rings. The Morgan fingerprint density at radius 2 is 2.05 bits per heavy atom. The molecule has 5 nitrogen and oxygen atoms in total. The van der Waals surface area contributed by atoms with Crippen molar-refractivity contribution in [3.63, 3.8) is 0 Å². The van der Waals surface area contributed by atoms with E-state index in [9.17, 15) is 8.42 Å². The first kappa shape index (κ1) is 16.1. The fraction of sp³-hybridized carbons (Fsp3) is 0.600. The zero-order valence-corrected chi connectivity index (χ0v) is 13.3. The van der Waals surface area contributed by atoms with Crippen molar-refractivity contribution in [2.75, 3.05) is 18.9 Å². The Morgan fingerprint density at radius 3 is 2.71 bits per heavy atom. The van der Waals surface area contributed by atoms with Gasteiger partial charge in [-0.3, -0.25) is 0 Å². The summed E-state index contributed by atoms with van der Waals surface area (Å²) in [6.45, 7) is 2.70. The molecule has 0 unspecified atom stereocenters. The lowest BCUT2D eigenvalue weighted by atomic mass is 10.1. The Bertz CT molecular complexity index is 566. The van der Waals surface area contributed by atoms with E-state index in [1.54, 1.807) is 12.1 Å². The SMILES string of the molecule is CCOc1ccc(N)cc1S(=O)(=O)NCCC1CCCC1. The van der Waals surface area contributed by atoms with Crippen LogP contribution in [0.25, 0.3) is 0 Å². The highest BCUT2D eigenvalue weighted by molar-refractivity contribution is 7.89. The molecule has 3 N–H and O–H groups in total. The second kappa shape index (κ2) is 7.13. The van der Waals surface area contributed by atoms with Gasteiger partial charge >= 0.3 is 0 Å². The molecule has 0 aliphatic heterocycles. The van der Waals surface area contributed by atoms with Gasteiger partial charge in [-0.2, -0.15) is 0 Å². The van der Waals surface area contributed by atoms with Crippen molar-refractivity contribution in [2.45, 2.75) is 43.9 Å². The van der Waals surface area contributed by atoms with Gasteiger partial charge in [0.2, 0.25) is 10.0 Å². The minimum Gasteiger partial charge on any atom is -0.492 e. The number of nitrogen functional groups attached to an aromatic ring is 1. The molecule has 0 bridgehead atoms. The largest absolute Gasteiger partial charge is 0.492 e. The van der Waals surface area contributed by atoms with E-state index in [2.05, 4.69) is 4.72 Å². The Labute approximate surface area is 126 Å². The third kappa shape index (κ3) is 4.35. The van der Waals surface area contributed by atoms with E-state index in [-0.39, 0.29) is 4.90 Å². The predicted octanol–water partition coefficient (Wildman–Crippen LogP) is 2.53. The third-order valence-corrected chi connectivity index (χ3v) is 5.36. The van der Waals surface area contributed by atoms with Crippen molar-refractivity contribution in [1.29, 1.82) is 0 Å². The summed E-state index contributed by atoms with van der Waals surface area (Å²) in [5.74, 6) is 1.000. The molecule has 1 aliphatic carbocycles. The first-order valence-corrected chi connectivity index (χ1v) is 9.03. The number of nitrogens with two attached hydrogens (primary N) is 1. The predicted molar refractivity (Wildman–Crippen MR) is 83.8 cm³/mol. The molecule has 21 heavy (non-hydrogen) atoms. The number of ether oxygens (including phenoxy) is 1. The minimum absolute atomic E-state index is 0.121. The summed E-state index contributed by atoms with van der Waals surface area (Å²) >= 11 is 0. The number of rotatable bonds is 7. The van der Waals surface area contributed by atoms with E-state index < -0.39 is 10.0 Å². The van der Waals surface area contributed by atoms with Crippen LogP contribution >= 0.6 is 0 Å². The summed E-state index contributed by atoms with van der Waals surface area (Å²) in [7, 11) is -3.58. The van der Waals surface area contributed by atoms with Crippen LogP contribution in [0.5, 0.6) is 5.75 Å². The van der Waals surface area contributed by atoms with Gasteiger partial charge in [-0.15, -0.1) is 0 Å². The van der Waals surface area contributed by atoms with Crippen LogP contribution in [-0.4, -0.2) is 21.6 Å². The van der Waals surface area contributed by atoms with Crippen molar-refractivity contribution in [3.05, 3.63) is 18.2 Å². The Hall–Kier alpha value is -1.27. The van der Waals surface area contributed by atoms with E-state index in [1.807, 2.05) is 6.92 Å². The smallest absolute Gasteiger partial charge is 0.244 e. The number of nitrogens with one attached hydrogen (secondary N) is 1. The molecule has 0 atom stereocenters. The quantitative estimate of drug-likeness (QED) is 0.758. The normalized spacial score (nSPS) is 16.2. The van der Waals surface area contributed by atoms with Crippen LogP contribution in [0.3, 0.4) is 0 Å². The minimum atomic E-state index is -3.58. The van der Waals surface area contributed by atoms with Crippen molar-refractivity contribution < 1.29 is 13.2 Å². The molecule has 1 aromatic carbocycles. The molecule has 2 rings (SSSR count). The Kier molecular flexibility index (Phi) is 5.47. The van der Waals surface area contributed by atoms with Crippen molar-refractivity contribution in [2.24, 2.45) is 5.92 Å². The number of benzene rings is 1. The maximum absolute atomic E-state index is 12.4. The Balaban J connectivity index is 2.05. The molecule has 118 valence electrons. The van der Waals surface area contributed by atoms with Crippen LogP contribution in [0, 0.1) is 5.92 Å². The summed E-state index contributed by atoms with van der Waals surface area (Å²) in [5, 5.41) is 0. The molecule has 0 radical (unpaired) electrons. The van der Waals surface area contributed by atoms with Crippen molar-refractivity contribution in [1.82, 2.24) is 4.72 Å². The van der Waals surface area contributed by atoms with E-state index >= 15 is 0 Å². The van der Waals surface area contributed by atoms with Gasteiger partial charge in [-0.05, 0) is 37.5 Å². The lowest BCUT2D eigenvalue weighted by Crippen LogP contribution is -2.26. The first-order chi connectivity index (χ1) is 10.0. The van der Waals surface area contributed by atoms with Crippen LogP contribution in [0.1, 0.15) is 39.0 Å². The van der Waals surface area contributed by atoms with E-state index in [0.717, 1.165) is 6.42 Å². The average Bonchev–Trinajstić information content (AvgIpc) is 2.94. The summed E-state index contributed by atoms with van der Waals surface area (Å²) < 4.78 is 32.9. The molecule has 0 aromatic heterocycles. The van der Waals surface area contributed by atoms with Gasteiger partial charge < -0.3 is 10.5 Å². The standard InChI is InChI=1S/C15H24N2O3S/c1-2-20-14-8-7-13(16)11-15(14)21(18,19)17-10-9-12-5-3-4-6-12/h7-8,11-12,17H,2-6,9-10,16H2,1H3. The van der Waals surface area contributed by atoms with Crippen LogP contribution in [0.4, 0.5) is 5.69 Å². The van der Waals surface area contributed by atoms with Gasteiger partial charge in [0.25, 0.3) is 0 Å². The van der Waals surface area contributed by atoms with Gasteiger partial charge in [-0.25, -0.2) is 13.1 Å². The number of hydrogen-bond donors (Lipinski definition) is 2. The molecule has 1 saturated carbocycles. The highest BCUT2D eigenvalue weighted by Crippen LogP contribution is 2.28. The first-order valence-electron chi connectivity index (χ1n) is 7.55. The number of hydrogen-bond acceptors (Lipinski definition) is 4. The van der Waals surface area contributed by atoms with Gasteiger partial charge in [0.15, 0.2) is 0 Å². The molecular formula is C15H24N2O3S. The van der Waals surface area contributed by atoms with Gasteiger partial charge in [0.05, 0.1) is 6.61 Å². The molecular weight excluding hydrogens is 288 g/mol. The van der Waals surface area contributed by atoms with Gasteiger partial charge in [0.1, 0.15) is 10.6 Å². The lowest BCUT2D eigenvalue weighted by molar-refractivity contribution is 0.331. The second-order valence-corrected chi connectivity index (χ2v) is 7.21. The highest BCUT2D eigenvalue weighted by Gasteiger charge is 2.21. The third-order valence-electron chi connectivity index (χ3n) is 3.88. The van der Waals surface area contributed by atoms with Crippen LogP contribution in [0.15, 0.2) is 23.1 Å². The number of sulfonamides is 1. The fourth-order valence-electron chi connectivity index (χ4n) is 2.78. The van der Waals surface area contributed by atoms with E-state index in [0.29, 0.717) is 30.5 Å². The van der Waals surface area contributed by atoms with Crippen LogP contribution in [0.2, 0.25) is 0 Å². The molecule has 0 heterocycles. The summed E-state index contributed by atoms with van der Waals surface area (Å²) in [6.07, 6.45) is 5.85. The van der Waals surface area contributed by atoms with Crippen LogP contribution < -0.4 is 15.2 Å². The maximum atomic E-state index is 12.4. The van der Waals surface area contributed by atoms with E-state index in [4.69, 9.17) is 10.5 Å². The summed E-state index contributed by atoms with van der Waals surface area (Å²) in [5.41, 5.74) is 6.11. The fourth-order valence-corrected chi connectivity index (χ4v) is 4.01. The zero-order chi connectivity index (χ0) is 15.3. The van der Waals surface area contributed by atoms with Crippen LogP contribution in [-0.2, 0) is 10.0 Å². The molecule has 0 saturated heterocycles. The van der Waals surface area contributed by atoms with Crippen molar-refractivity contribution in [3.8, 4) is 5.75 Å². The average molecular weight is 312 g/mol. The van der Waals surface area contributed by atoms with Gasteiger partial charge in [0, 0.05) is 12.2 Å². The summed E-state index contributed by atoms with van der Waals surface area (Å²) in [6, 6.07) is 4.69. The molecule has 1 aliphatic rings. The topological polar surface area (TPSA) is 81.4 Å². The van der Waals surface area contributed by atoms with E-state index in [1.165, 1.54) is 31.7 Å². The maximum Gasteiger partial charge on any atom is 0.244 e. The van der Waals surface area contributed by atoms with Gasteiger partial charge in [-0.1, -0.05) is 25.7 Å². The van der Waals surface area contributed by atoms with Crippen molar-refractivity contribution >= 4 is 15.7 Å². The molecule has 6 heteroatoms. The monoisotopic (exact) mass is 312 g/mol. The summed E-state index contributed by atoms with van der Waals surface area (Å²) in [4.78, 5) is 0.121. The Morgan fingerprint density at radius 1 is 1.33 bits per heavy atom. The molecule has 1 aromatic rings. The number of anilines is 1. The lowest BCUT2D eigenvalue weighted by Gasteiger charge is -2.14.